The van der Waals surface area contributed by atoms with E-state index < -0.39 is 47.9 Å². The molecule has 1 fully saturated rings. The van der Waals surface area contributed by atoms with Gasteiger partial charge < -0.3 is 43.6 Å². The summed E-state index contributed by atoms with van der Waals surface area (Å²) in [6.07, 6.45) is 3.37. The van der Waals surface area contributed by atoms with Crippen LogP contribution in [0.15, 0.2) is 4.99 Å². The van der Waals surface area contributed by atoms with E-state index in [0.29, 0.717) is 45.2 Å². The maximum absolute atomic E-state index is 13.1. The van der Waals surface area contributed by atoms with Gasteiger partial charge in [-0.15, -0.1) is 0 Å². The molecule has 188 valence electrons. The van der Waals surface area contributed by atoms with Crippen LogP contribution in [0.5, 0.6) is 0 Å². The molecule has 0 aliphatic carbocycles. The van der Waals surface area contributed by atoms with Crippen molar-refractivity contribution in [3.63, 3.8) is 0 Å². The van der Waals surface area contributed by atoms with Gasteiger partial charge in [-0.3, -0.25) is 19.4 Å². The first kappa shape index (κ1) is 28.1. The molecule has 0 aromatic heterocycles. The number of aliphatic imine (C=N–C) groups is 1. The third-order valence-corrected chi connectivity index (χ3v) is 5.44. The van der Waals surface area contributed by atoms with Crippen LogP contribution in [0.1, 0.15) is 51.9 Å². The summed E-state index contributed by atoms with van der Waals surface area (Å²) in [7, 11) is 0. The molecule has 1 aliphatic heterocycles. The Bertz CT molecular complexity index is 713. The number of carbonyl (C=O) groups is 4. The summed E-state index contributed by atoms with van der Waals surface area (Å²) in [5.74, 6) is -2.73. The maximum atomic E-state index is 13.1. The topological polar surface area (TPSA) is 232 Å². The minimum atomic E-state index is -1.09. The number of hydrogen-bond acceptors (Lipinski definition) is 7. The first-order chi connectivity index (χ1) is 15.6. The lowest BCUT2D eigenvalue weighted by Crippen LogP contribution is -2.56. The fourth-order valence-corrected chi connectivity index (χ4v) is 3.57. The number of carbonyl (C=O) groups excluding carboxylic acids is 3. The van der Waals surface area contributed by atoms with Crippen molar-refractivity contribution < 1.29 is 24.3 Å². The second kappa shape index (κ2) is 14.3. The number of nitrogens with zero attached hydrogens (tertiary/aromatic N) is 2. The Balaban J connectivity index is 2.78. The number of amides is 3. The lowest BCUT2D eigenvalue weighted by atomic mass is 10.1. The average Bonchev–Trinajstić information content (AvgIpc) is 3.25. The van der Waals surface area contributed by atoms with Crippen molar-refractivity contribution in [2.24, 2.45) is 27.9 Å². The van der Waals surface area contributed by atoms with Crippen LogP contribution in [-0.4, -0.2) is 83.5 Å². The zero-order chi connectivity index (χ0) is 25.0. The molecule has 1 rings (SSSR count). The van der Waals surface area contributed by atoms with E-state index in [1.54, 1.807) is 0 Å². The molecule has 33 heavy (non-hydrogen) atoms. The van der Waals surface area contributed by atoms with Crippen LogP contribution >= 0.6 is 0 Å². The van der Waals surface area contributed by atoms with Crippen molar-refractivity contribution in [2.75, 3.05) is 19.6 Å². The van der Waals surface area contributed by atoms with Gasteiger partial charge >= 0.3 is 5.97 Å². The first-order valence-corrected chi connectivity index (χ1v) is 11.2. The Hall–Kier alpha value is -2.93. The number of nitrogens with one attached hydrogen (secondary N) is 2. The third kappa shape index (κ3) is 9.61. The van der Waals surface area contributed by atoms with E-state index in [1.165, 1.54) is 11.8 Å². The van der Waals surface area contributed by atoms with E-state index >= 15 is 0 Å². The zero-order valence-corrected chi connectivity index (χ0v) is 19.2. The molecule has 0 bridgehead atoms. The largest absolute Gasteiger partial charge is 0.480 e. The second-order valence-electron chi connectivity index (χ2n) is 8.16. The molecule has 13 nitrogen and oxygen atoms in total. The number of guanidine groups is 1. The van der Waals surface area contributed by atoms with Crippen molar-refractivity contribution in [1.82, 2.24) is 15.5 Å². The summed E-state index contributed by atoms with van der Waals surface area (Å²) in [6.45, 7) is 2.52. The van der Waals surface area contributed by atoms with Crippen LogP contribution in [0.4, 0.5) is 0 Å². The van der Waals surface area contributed by atoms with Gasteiger partial charge in [-0.1, -0.05) is 6.42 Å². The van der Waals surface area contributed by atoms with E-state index in [9.17, 15) is 24.3 Å². The number of carboxylic acids is 1. The number of likely N-dealkylation sites (tertiary alicyclic amines) is 1. The van der Waals surface area contributed by atoms with Crippen molar-refractivity contribution >= 4 is 29.7 Å². The highest BCUT2D eigenvalue weighted by molar-refractivity contribution is 5.94. The van der Waals surface area contributed by atoms with Crippen LogP contribution in [-0.2, 0) is 19.2 Å². The van der Waals surface area contributed by atoms with Gasteiger partial charge in [-0.25, -0.2) is 4.79 Å². The minimum Gasteiger partial charge on any atom is -0.480 e. The monoisotopic (exact) mass is 470 g/mol. The molecule has 1 aliphatic rings. The van der Waals surface area contributed by atoms with Gasteiger partial charge in [0.15, 0.2) is 5.96 Å². The fraction of sp³-hybridized carbons (Fsp3) is 0.750. The number of carboxylic acid groups (broad SMARTS) is 1. The molecule has 0 spiro atoms. The van der Waals surface area contributed by atoms with Crippen molar-refractivity contribution in [3.05, 3.63) is 0 Å². The van der Waals surface area contributed by atoms with Gasteiger partial charge in [0.2, 0.25) is 17.7 Å². The minimum absolute atomic E-state index is 0.0912. The second-order valence-corrected chi connectivity index (χ2v) is 8.16. The number of nitrogens with two attached hydrogens (primary N) is 4. The Morgan fingerprint density at radius 3 is 2.39 bits per heavy atom. The predicted octanol–water partition coefficient (Wildman–Crippen LogP) is -2.44. The van der Waals surface area contributed by atoms with Crippen molar-refractivity contribution in [1.29, 1.82) is 0 Å². The average molecular weight is 471 g/mol. The van der Waals surface area contributed by atoms with Crippen molar-refractivity contribution in [3.8, 4) is 0 Å². The van der Waals surface area contributed by atoms with Gasteiger partial charge in [0.1, 0.15) is 18.1 Å². The summed E-state index contributed by atoms with van der Waals surface area (Å²) >= 11 is 0. The molecule has 1 saturated heterocycles. The molecule has 3 amide bonds. The van der Waals surface area contributed by atoms with Crippen LogP contribution in [0, 0.1) is 0 Å². The van der Waals surface area contributed by atoms with Crippen LogP contribution in [0.3, 0.4) is 0 Å². The van der Waals surface area contributed by atoms with Crippen LogP contribution < -0.4 is 33.6 Å². The van der Waals surface area contributed by atoms with Gasteiger partial charge in [0.05, 0.1) is 6.04 Å². The molecule has 11 N–H and O–H groups in total. The predicted molar refractivity (Wildman–Crippen MR) is 123 cm³/mol. The molecule has 1 heterocycles. The SMILES string of the molecule is CC(NC(=O)C(N)CCCCN)C(=O)NC(CCCN=C(N)N)C(=O)N1CCCC1C(=O)O. The normalized spacial score (nSPS) is 18.2. The molecule has 0 radical (unpaired) electrons. The van der Waals surface area contributed by atoms with Gasteiger partial charge in [-0.2, -0.15) is 0 Å². The van der Waals surface area contributed by atoms with Crippen molar-refractivity contribution in [2.45, 2.75) is 76.0 Å². The smallest absolute Gasteiger partial charge is 0.326 e. The standard InChI is InChI=1S/C20H38N8O5/c1-12(26-17(30)13(22)6-2-3-9-21)16(29)27-14(7-4-10-25-20(23)24)18(31)28-11-5-8-15(28)19(32)33/h12-15H,2-11,21-22H2,1H3,(H,26,30)(H,27,29)(H,32,33)(H4,23,24,25). The fourth-order valence-electron chi connectivity index (χ4n) is 3.57. The van der Waals surface area contributed by atoms with Crippen LogP contribution in [0.2, 0.25) is 0 Å². The lowest BCUT2D eigenvalue weighted by molar-refractivity contribution is -0.149. The molecular weight excluding hydrogens is 432 g/mol. The summed E-state index contributed by atoms with van der Waals surface area (Å²) in [5, 5.41) is 14.6. The Kier molecular flexibility index (Phi) is 12.1. The zero-order valence-electron chi connectivity index (χ0n) is 19.2. The highest BCUT2D eigenvalue weighted by Gasteiger charge is 2.37. The molecular formula is C20H38N8O5. The Morgan fingerprint density at radius 1 is 1.09 bits per heavy atom. The maximum Gasteiger partial charge on any atom is 0.326 e. The molecule has 4 atom stereocenters. The Labute approximate surface area is 193 Å². The number of aliphatic carboxylic acids is 1. The molecule has 4 unspecified atom stereocenters. The molecule has 13 heteroatoms. The van der Waals surface area contributed by atoms with E-state index in [4.69, 9.17) is 22.9 Å². The van der Waals surface area contributed by atoms with Gasteiger partial charge in [-0.05, 0) is 52.0 Å². The Morgan fingerprint density at radius 2 is 1.79 bits per heavy atom. The summed E-state index contributed by atoms with van der Waals surface area (Å²) < 4.78 is 0. The first-order valence-electron chi connectivity index (χ1n) is 11.2. The lowest BCUT2D eigenvalue weighted by Gasteiger charge is -2.28. The van der Waals surface area contributed by atoms with E-state index in [0.717, 1.165) is 6.42 Å². The van der Waals surface area contributed by atoms with E-state index in [1.807, 2.05) is 0 Å². The molecule has 0 aromatic rings. The van der Waals surface area contributed by atoms with Gasteiger partial charge in [0.25, 0.3) is 0 Å². The number of hydrogen-bond donors (Lipinski definition) is 7. The third-order valence-electron chi connectivity index (χ3n) is 5.44. The van der Waals surface area contributed by atoms with Gasteiger partial charge in [0, 0.05) is 13.1 Å². The summed E-state index contributed by atoms with van der Waals surface area (Å²) in [6, 6.07) is -3.63. The quantitative estimate of drug-likeness (QED) is 0.0810. The summed E-state index contributed by atoms with van der Waals surface area (Å²) in [5.41, 5.74) is 21.9. The molecule has 0 aromatic carbocycles. The highest BCUT2D eigenvalue weighted by atomic mass is 16.4. The number of unbranched alkanes of at least 4 members (excludes halogenated alkanes) is 1. The van der Waals surface area contributed by atoms with E-state index in [-0.39, 0.29) is 18.9 Å². The van der Waals surface area contributed by atoms with E-state index in [2.05, 4.69) is 15.6 Å². The van der Waals surface area contributed by atoms with Crippen LogP contribution in [0.25, 0.3) is 0 Å². The number of rotatable bonds is 14. The highest BCUT2D eigenvalue weighted by Crippen LogP contribution is 2.19. The molecule has 0 saturated carbocycles. The summed E-state index contributed by atoms with van der Waals surface area (Å²) in [4.78, 5) is 54.6.